The molecule has 4 heterocycles. The lowest BCUT2D eigenvalue weighted by Crippen LogP contribution is -2.53. The van der Waals surface area contributed by atoms with Gasteiger partial charge in [0.05, 0.1) is 5.56 Å². The van der Waals surface area contributed by atoms with Crippen LogP contribution in [-0.4, -0.2) is 46.6 Å². The third kappa shape index (κ3) is 2.18. The molecule has 0 saturated carbocycles. The zero-order valence-corrected chi connectivity index (χ0v) is 10.2. The van der Waals surface area contributed by atoms with Crippen molar-refractivity contribution in [2.45, 2.75) is 18.9 Å². The average molecular weight is 247 g/mol. The Hall–Kier alpha value is -1.62. The molecule has 0 spiro atoms. The number of carboxylic acids is 1. The van der Waals surface area contributed by atoms with Gasteiger partial charge in [-0.3, -0.25) is 0 Å². The average Bonchev–Trinajstić information content (AvgIpc) is 2.41. The van der Waals surface area contributed by atoms with Gasteiger partial charge in [0.2, 0.25) is 0 Å². The third-order valence-electron chi connectivity index (χ3n) is 4.00. The first-order valence-electron chi connectivity index (χ1n) is 6.40. The topological polar surface area (TPSA) is 65.5 Å². The van der Waals surface area contributed by atoms with Crippen LogP contribution < -0.4 is 5.32 Å². The maximum absolute atomic E-state index is 10.7. The second kappa shape index (κ2) is 4.57. The van der Waals surface area contributed by atoms with Crippen LogP contribution in [-0.2, 0) is 0 Å². The SMILES string of the molecule is O=C(O)c1ccc(NC2CN3CCC2CC3)nc1. The molecule has 4 rings (SSSR count). The van der Waals surface area contributed by atoms with E-state index in [1.54, 1.807) is 12.1 Å². The lowest BCUT2D eigenvalue weighted by Gasteiger charge is -2.45. The first kappa shape index (κ1) is 11.5. The molecule has 2 N–H and O–H groups in total. The van der Waals surface area contributed by atoms with Crippen LogP contribution in [0.1, 0.15) is 23.2 Å². The summed E-state index contributed by atoms with van der Waals surface area (Å²) < 4.78 is 0. The van der Waals surface area contributed by atoms with Crippen molar-refractivity contribution < 1.29 is 9.90 Å². The van der Waals surface area contributed by atoms with E-state index in [1.165, 1.54) is 32.1 Å². The summed E-state index contributed by atoms with van der Waals surface area (Å²) in [7, 11) is 0. The largest absolute Gasteiger partial charge is 0.478 e. The van der Waals surface area contributed by atoms with Gasteiger partial charge in [-0.25, -0.2) is 9.78 Å². The van der Waals surface area contributed by atoms with Gasteiger partial charge in [-0.2, -0.15) is 0 Å². The number of hydrogen-bond donors (Lipinski definition) is 2. The van der Waals surface area contributed by atoms with Crippen molar-refractivity contribution in [1.29, 1.82) is 0 Å². The van der Waals surface area contributed by atoms with E-state index in [0.29, 0.717) is 6.04 Å². The highest BCUT2D eigenvalue weighted by Crippen LogP contribution is 2.29. The predicted molar refractivity (Wildman–Crippen MR) is 67.8 cm³/mol. The Morgan fingerprint density at radius 2 is 2.17 bits per heavy atom. The quantitative estimate of drug-likeness (QED) is 0.842. The molecule has 1 aromatic heterocycles. The number of aromatic carboxylic acids is 1. The summed E-state index contributed by atoms with van der Waals surface area (Å²) >= 11 is 0. The predicted octanol–water partition coefficient (Wildman–Crippen LogP) is 1.29. The lowest BCUT2D eigenvalue weighted by atomic mass is 9.84. The highest BCUT2D eigenvalue weighted by Gasteiger charge is 2.34. The van der Waals surface area contributed by atoms with Crippen molar-refractivity contribution >= 4 is 11.8 Å². The summed E-state index contributed by atoms with van der Waals surface area (Å²) in [6.45, 7) is 3.51. The van der Waals surface area contributed by atoms with E-state index in [-0.39, 0.29) is 5.56 Å². The number of nitrogens with one attached hydrogen (secondary N) is 1. The van der Waals surface area contributed by atoms with Crippen LogP contribution in [0.4, 0.5) is 5.82 Å². The van der Waals surface area contributed by atoms with Crippen LogP contribution in [0.15, 0.2) is 18.3 Å². The monoisotopic (exact) mass is 247 g/mol. The van der Waals surface area contributed by atoms with Crippen LogP contribution in [0.3, 0.4) is 0 Å². The van der Waals surface area contributed by atoms with Gasteiger partial charge in [-0.05, 0) is 44.0 Å². The van der Waals surface area contributed by atoms with Crippen molar-refractivity contribution in [3.05, 3.63) is 23.9 Å². The van der Waals surface area contributed by atoms with Crippen molar-refractivity contribution in [3.8, 4) is 0 Å². The number of carbonyl (C=O) groups is 1. The second-order valence-corrected chi connectivity index (χ2v) is 5.13. The number of nitrogens with zero attached hydrogens (tertiary/aromatic N) is 2. The van der Waals surface area contributed by atoms with Gasteiger partial charge in [-0.15, -0.1) is 0 Å². The Labute approximate surface area is 106 Å². The molecule has 1 atom stereocenters. The molecule has 2 bridgehead atoms. The molecule has 0 aromatic carbocycles. The molecule has 3 aliphatic rings. The summed E-state index contributed by atoms with van der Waals surface area (Å²) in [4.78, 5) is 17.4. The van der Waals surface area contributed by atoms with Crippen molar-refractivity contribution in [2.24, 2.45) is 5.92 Å². The minimum Gasteiger partial charge on any atom is -0.478 e. The van der Waals surface area contributed by atoms with Gasteiger partial charge in [0.15, 0.2) is 0 Å². The Kier molecular flexibility index (Phi) is 2.91. The number of rotatable bonds is 3. The highest BCUT2D eigenvalue weighted by atomic mass is 16.4. The minimum absolute atomic E-state index is 0.231. The van der Waals surface area contributed by atoms with E-state index in [0.717, 1.165) is 18.3 Å². The van der Waals surface area contributed by atoms with Crippen LogP contribution in [0, 0.1) is 5.92 Å². The Bertz CT molecular complexity index is 438. The number of aromatic nitrogens is 1. The number of hydrogen-bond acceptors (Lipinski definition) is 4. The van der Waals surface area contributed by atoms with Crippen LogP contribution in [0.25, 0.3) is 0 Å². The van der Waals surface area contributed by atoms with Gasteiger partial charge in [0.25, 0.3) is 0 Å². The fourth-order valence-corrected chi connectivity index (χ4v) is 2.92. The highest BCUT2D eigenvalue weighted by molar-refractivity contribution is 5.87. The summed E-state index contributed by atoms with van der Waals surface area (Å²) in [5, 5.41) is 12.2. The van der Waals surface area contributed by atoms with Gasteiger partial charge in [0, 0.05) is 18.8 Å². The standard InChI is InChI=1S/C13H17N3O2/c17-13(18)10-1-2-12(14-7-10)15-11-8-16-5-3-9(11)4-6-16/h1-2,7,9,11H,3-6,8H2,(H,14,15)(H,17,18). The number of carboxylic acid groups (broad SMARTS) is 1. The molecule has 3 saturated heterocycles. The maximum atomic E-state index is 10.7. The minimum atomic E-state index is -0.933. The molecule has 18 heavy (non-hydrogen) atoms. The number of piperidine rings is 3. The lowest BCUT2D eigenvalue weighted by molar-refractivity contribution is 0.0696. The smallest absolute Gasteiger partial charge is 0.337 e. The van der Waals surface area contributed by atoms with Crippen molar-refractivity contribution in [2.75, 3.05) is 25.0 Å². The van der Waals surface area contributed by atoms with Crippen molar-refractivity contribution in [1.82, 2.24) is 9.88 Å². The van der Waals surface area contributed by atoms with Gasteiger partial charge in [-0.1, -0.05) is 0 Å². The van der Waals surface area contributed by atoms with E-state index >= 15 is 0 Å². The summed E-state index contributed by atoms with van der Waals surface area (Å²) in [6, 6.07) is 3.80. The Balaban J connectivity index is 1.67. The Morgan fingerprint density at radius 1 is 1.39 bits per heavy atom. The van der Waals surface area contributed by atoms with Crippen LogP contribution >= 0.6 is 0 Å². The third-order valence-corrected chi connectivity index (χ3v) is 4.00. The number of anilines is 1. The fourth-order valence-electron chi connectivity index (χ4n) is 2.92. The molecule has 5 nitrogen and oxygen atoms in total. The Morgan fingerprint density at radius 3 is 2.67 bits per heavy atom. The molecular weight excluding hydrogens is 230 g/mol. The molecular formula is C13H17N3O2. The number of fused-ring (bicyclic) bond motifs is 3. The van der Waals surface area contributed by atoms with Crippen LogP contribution in [0.2, 0.25) is 0 Å². The van der Waals surface area contributed by atoms with E-state index in [4.69, 9.17) is 5.11 Å². The molecule has 0 radical (unpaired) electrons. The normalized spacial score (nSPS) is 30.1. The molecule has 0 aliphatic carbocycles. The fraction of sp³-hybridized carbons (Fsp3) is 0.538. The van der Waals surface area contributed by atoms with Gasteiger partial charge in [0.1, 0.15) is 5.82 Å². The molecule has 1 unspecified atom stereocenters. The summed E-state index contributed by atoms with van der Waals surface area (Å²) in [5.74, 6) is 0.576. The van der Waals surface area contributed by atoms with E-state index in [9.17, 15) is 4.79 Å². The molecule has 5 heteroatoms. The molecule has 0 amide bonds. The zero-order chi connectivity index (χ0) is 12.5. The van der Waals surface area contributed by atoms with E-state index in [1.807, 2.05) is 0 Å². The first-order chi connectivity index (χ1) is 8.72. The number of pyridine rings is 1. The second-order valence-electron chi connectivity index (χ2n) is 5.13. The molecule has 3 fully saturated rings. The van der Waals surface area contributed by atoms with Gasteiger partial charge < -0.3 is 15.3 Å². The van der Waals surface area contributed by atoms with E-state index in [2.05, 4.69) is 15.2 Å². The van der Waals surface area contributed by atoms with E-state index < -0.39 is 5.97 Å². The van der Waals surface area contributed by atoms with Crippen molar-refractivity contribution in [3.63, 3.8) is 0 Å². The first-order valence-corrected chi connectivity index (χ1v) is 6.40. The van der Waals surface area contributed by atoms with Gasteiger partial charge >= 0.3 is 5.97 Å². The molecule has 3 aliphatic heterocycles. The zero-order valence-electron chi connectivity index (χ0n) is 10.2. The summed E-state index contributed by atoms with van der Waals surface area (Å²) in [5.41, 5.74) is 0.231. The molecule has 96 valence electrons. The van der Waals surface area contributed by atoms with Crippen LogP contribution in [0.5, 0.6) is 0 Å². The maximum Gasteiger partial charge on any atom is 0.337 e. The summed E-state index contributed by atoms with van der Waals surface area (Å²) in [6.07, 6.45) is 3.92. The molecule has 1 aromatic rings.